The Morgan fingerprint density at radius 2 is 2.00 bits per heavy atom. The SMILES string of the molecule is C=C(C)C1=CC=C(C)C(C(F)(F)F)C1. The number of rotatable bonds is 1. The van der Waals surface area contributed by atoms with Crippen molar-refractivity contribution in [3.8, 4) is 0 Å². The smallest absolute Gasteiger partial charge is 0.170 e. The van der Waals surface area contributed by atoms with Gasteiger partial charge < -0.3 is 0 Å². The van der Waals surface area contributed by atoms with Crippen molar-refractivity contribution in [2.75, 3.05) is 0 Å². The third-order valence-corrected chi connectivity index (χ3v) is 2.46. The van der Waals surface area contributed by atoms with Crippen LogP contribution in [0.4, 0.5) is 13.2 Å². The van der Waals surface area contributed by atoms with E-state index in [-0.39, 0.29) is 6.42 Å². The molecule has 0 saturated heterocycles. The molecule has 0 bridgehead atoms. The third-order valence-electron chi connectivity index (χ3n) is 2.46. The molecule has 0 aliphatic heterocycles. The van der Waals surface area contributed by atoms with E-state index in [0.29, 0.717) is 16.7 Å². The number of hydrogen-bond acceptors (Lipinski definition) is 0. The van der Waals surface area contributed by atoms with Crippen molar-refractivity contribution in [3.63, 3.8) is 0 Å². The zero-order valence-corrected chi connectivity index (χ0v) is 8.28. The highest BCUT2D eigenvalue weighted by molar-refractivity contribution is 5.36. The van der Waals surface area contributed by atoms with Crippen LogP contribution in [0.2, 0.25) is 0 Å². The van der Waals surface area contributed by atoms with Gasteiger partial charge in [-0.1, -0.05) is 29.9 Å². The molecular weight excluding hydrogens is 189 g/mol. The van der Waals surface area contributed by atoms with E-state index in [2.05, 4.69) is 6.58 Å². The second-order valence-corrected chi connectivity index (χ2v) is 3.68. The lowest BCUT2D eigenvalue weighted by atomic mass is 9.85. The van der Waals surface area contributed by atoms with Gasteiger partial charge in [0.15, 0.2) is 0 Å². The van der Waals surface area contributed by atoms with E-state index in [1.807, 2.05) is 0 Å². The molecule has 1 unspecified atom stereocenters. The fourth-order valence-electron chi connectivity index (χ4n) is 1.49. The fraction of sp³-hybridized carbons (Fsp3) is 0.455. The minimum absolute atomic E-state index is 0.0289. The van der Waals surface area contributed by atoms with Gasteiger partial charge in [0.25, 0.3) is 0 Å². The van der Waals surface area contributed by atoms with Crippen LogP contribution < -0.4 is 0 Å². The minimum atomic E-state index is -4.14. The van der Waals surface area contributed by atoms with Gasteiger partial charge in [0.05, 0.1) is 5.92 Å². The van der Waals surface area contributed by atoms with E-state index < -0.39 is 12.1 Å². The van der Waals surface area contributed by atoms with Crippen LogP contribution in [-0.4, -0.2) is 6.18 Å². The molecule has 0 heterocycles. The van der Waals surface area contributed by atoms with E-state index in [4.69, 9.17) is 0 Å². The molecule has 0 N–H and O–H groups in total. The van der Waals surface area contributed by atoms with E-state index in [1.54, 1.807) is 13.0 Å². The first-order valence-electron chi connectivity index (χ1n) is 4.42. The van der Waals surface area contributed by atoms with Crippen LogP contribution in [-0.2, 0) is 0 Å². The lowest BCUT2D eigenvalue weighted by Crippen LogP contribution is -2.26. The van der Waals surface area contributed by atoms with Crippen LogP contribution in [0.15, 0.2) is 35.5 Å². The highest BCUT2D eigenvalue weighted by atomic mass is 19.4. The van der Waals surface area contributed by atoms with Crippen molar-refractivity contribution in [2.24, 2.45) is 5.92 Å². The Morgan fingerprint density at radius 1 is 1.43 bits per heavy atom. The molecule has 0 aromatic heterocycles. The predicted molar refractivity (Wildman–Crippen MR) is 50.8 cm³/mol. The molecule has 1 atom stereocenters. The normalized spacial score (nSPS) is 22.8. The van der Waals surface area contributed by atoms with Crippen LogP contribution in [0, 0.1) is 5.92 Å². The molecule has 1 aliphatic rings. The van der Waals surface area contributed by atoms with Gasteiger partial charge in [0.2, 0.25) is 0 Å². The summed E-state index contributed by atoms with van der Waals surface area (Å²) in [5.41, 5.74) is 1.78. The van der Waals surface area contributed by atoms with Gasteiger partial charge in [-0.2, -0.15) is 13.2 Å². The Labute approximate surface area is 81.8 Å². The van der Waals surface area contributed by atoms with Crippen molar-refractivity contribution < 1.29 is 13.2 Å². The van der Waals surface area contributed by atoms with Crippen molar-refractivity contribution in [1.82, 2.24) is 0 Å². The highest BCUT2D eigenvalue weighted by Gasteiger charge is 2.41. The van der Waals surface area contributed by atoms with Gasteiger partial charge in [-0.15, -0.1) is 0 Å². The molecule has 0 spiro atoms. The molecule has 0 amide bonds. The molecule has 0 fully saturated rings. The van der Waals surface area contributed by atoms with Gasteiger partial charge in [0, 0.05) is 0 Å². The quantitative estimate of drug-likeness (QED) is 0.602. The minimum Gasteiger partial charge on any atom is -0.170 e. The van der Waals surface area contributed by atoms with Crippen LogP contribution in [0.25, 0.3) is 0 Å². The van der Waals surface area contributed by atoms with Crippen LogP contribution in [0.5, 0.6) is 0 Å². The van der Waals surface area contributed by atoms with Crippen molar-refractivity contribution in [3.05, 3.63) is 35.5 Å². The fourth-order valence-corrected chi connectivity index (χ4v) is 1.49. The lowest BCUT2D eigenvalue weighted by Gasteiger charge is -2.25. The van der Waals surface area contributed by atoms with E-state index in [1.165, 1.54) is 13.0 Å². The van der Waals surface area contributed by atoms with Gasteiger partial charge in [0.1, 0.15) is 0 Å². The maximum atomic E-state index is 12.5. The Bertz CT molecular complexity index is 305. The summed E-state index contributed by atoms with van der Waals surface area (Å²) in [4.78, 5) is 0. The van der Waals surface area contributed by atoms with Gasteiger partial charge >= 0.3 is 6.18 Å². The Kier molecular flexibility index (Phi) is 2.88. The van der Waals surface area contributed by atoms with Crippen LogP contribution in [0.1, 0.15) is 20.3 Å². The van der Waals surface area contributed by atoms with E-state index in [9.17, 15) is 13.2 Å². The monoisotopic (exact) mass is 202 g/mol. The first-order chi connectivity index (χ1) is 6.32. The van der Waals surface area contributed by atoms with Gasteiger partial charge in [-0.25, -0.2) is 0 Å². The lowest BCUT2D eigenvalue weighted by molar-refractivity contribution is -0.163. The van der Waals surface area contributed by atoms with Gasteiger partial charge in [-0.3, -0.25) is 0 Å². The molecule has 0 saturated carbocycles. The summed E-state index contributed by atoms with van der Waals surface area (Å²) in [5.74, 6) is -1.33. The zero-order chi connectivity index (χ0) is 10.9. The molecule has 1 rings (SSSR count). The largest absolute Gasteiger partial charge is 0.395 e. The average molecular weight is 202 g/mol. The highest BCUT2D eigenvalue weighted by Crippen LogP contribution is 2.39. The molecule has 0 aromatic rings. The topological polar surface area (TPSA) is 0 Å². The van der Waals surface area contributed by atoms with Crippen molar-refractivity contribution in [2.45, 2.75) is 26.4 Å². The molecule has 0 aromatic carbocycles. The van der Waals surface area contributed by atoms with Crippen LogP contribution in [0.3, 0.4) is 0 Å². The number of alkyl halides is 3. The zero-order valence-electron chi connectivity index (χ0n) is 8.28. The molecule has 3 heteroatoms. The molecule has 0 radical (unpaired) electrons. The summed E-state index contributed by atoms with van der Waals surface area (Å²) < 4.78 is 37.6. The summed E-state index contributed by atoms with van der Waals surface area (Å²) >= 11 is 0. The van der Waals surface area contributed by atoms with Gasteiger partial charge in [-0.05, 0) is 25.8 Å². The Hall–Kier alpha value is -0.990. The van der Waals surface area contributed by atoms with Crippen LogP contribution >= 0.6 is 0 Å². The first-order valence-corrected chi connectivity index (χ1v) is 4.42. The summed E-state index contributed by atoms with van der Waals surface area (Å²) in [7, 11) is 0. The summed E-state index contributed by atoms with van der Waals surface area (Å²) in [6.07, 6.45) is -0.859. The van der Waals surface area contributed by atoms with E-state index >= 15 is 0 Å². The summed E-state index contributed by atoms with van der Waals surface area (Å²) in [6, 6.07) is 0. The number of halogens is 3. The Balaban J connectivity index is 2.93. The summed E-state index contributed by atoms with van der Waals surface area (Å²) in [6.45, 7) is 6.90. The average Bonchev–Trinajstić information content (AvgIpc) is 2.02. The molecule has 78 valence electrons. The predicted octanol–water partition coefficient (Wildman–Crippen LogP) is 4.02. The molecular formula is C11H13F3. The maximum absolute atomic E-state index is 12.5. The number of hydrogen-bond donors (Lipinski definition) is 0. The first kappa shape index (κ1) is 11.1. The molecule has 14 heavy (non-hydrogen) atoms. The van der Waals surface area contributed by atoms with Crippen molar-refractivity contribution >= 4 is 0 Å². The third kappa shape index (κ3) is 2.28. The number of allylic oxidation sites excluding steroid dienone is 5. The second kappa shape index (κ2) is 3.64. The molecule has 1 aliphatic carbocycles. The summed E-state index contributed by atoms with van der Waals surface area (Å²) in [5, 5.41) is 0. The standard InChI is InChI=1S/C11H13F3/c1-7(2)9-5-4-8(3)10(6-9)11(12,13)14/h4-5,10H,1,6H2,2-3H3. The Morgan fingerprint density at radius 3 is 2.43 bits per heavy atom. The van der Waals surface area contributed by atoms with Crippen molar-refractivity contribution in [1.29, 1.82) is 0 Å². The second-order valence-electron chi connectivity index (χ2n) is 3.68. The maximum Gasteiger partial charge on any atom is 0.395 e. The molecule has 0 nitrogen and oxygen atoms in total. The van der Waals surface area contributed by atoms with E-state index in [0.717, 1.165) is 0 Å².